The number of nitrogens with zero attached hydrogens (tertiary/aromatic N) is 1. The van der Waals surface area contributed by atoms with E-state index in [-0.39, 0.29) is 18.1 Å². The standard InChI is InChI=1S/C17H21N3O5S/c1-3-17(12-8-6-5-7-9-12)15(23)20(16(24)18-17)19-13(21)10-26-11-14(22)25-4-2/h5-9H,3-4,10-11H2,1-2H3,(H,18,24)(H,19,21). The smallest absolute Gasteiger partial charge is 0.344 e. The Bertz CT molecular complexity index is 697. The second kappa shape index (κ2) is 8.70. The number of urea groups is 1. The van der Waals surface area contributed by atoms with E-state index in [2.05, 4.69) is 10.7 Å². The molecule has 4 amide bonds. The molecule has 2 N–H and O–H groups in total. The SMILES string of the molecule is CCOC(=O)CSCC(=O)NN1C(=O)NC(CC)(c2ccccc2)C1=O. The van der Waals surface area contributed by atoms with E-state index in [1.54, 1.807) is 38.1 Å². The molecule has 1 unspecified atom stereocenters. The van der Waals surface area contributed by atoms with Gasteiger partial charge in [0.25, 0.3) is 5.91 Å². The van der Waals surface area contributed by atoms with Crippen LogP contribution in [0.15, 0.2) is 30.3 Å². The van der Waals surface area contributed by atoms with Crippen LogP contribution >= 0.6 is 11.8 Å². The quantitative estimate of drug-likeness (QED) is 0.519. The third kappa shape index (κ3) is 4.16. The molecule has 9 heteroatoms. The van der Waals surface area contributed by atoms with Crippen molar-refractivity contribution in [3.63, 3.8) is 0 Å². The topological polar surface area (TPSA) is 105 Å². The van der Waals surface area contributed by atoms with E-state index in [1.165, 1.54) is 0 Å². The fourth-order valence-corrected chi connectivity index (χ4v) is 3.23. The lowest BCUT2D eigenvalue weighted by atomic mass is 9.87. The first-order valence-electron chi connectivity index (χ1n) is 8.19. The van der Waals surface area contributed by atoms with Crippen LogP contribution in [0.4, 0.5) is 4.79 Å². The Kier molecular flexibility index (Phi) is 6.62. The van der Waals surface area contributed by atoms with Crippen molar-refractivity contribution in [2.24, 2.45) is 0 Å². The Balaban J connectivity index is 2.00. The van der Waals surface area contributed by atoms with Gasteiger partial charge in [0, 0.05) is 0 Å². The summed E-state index contributed by atoms with van der Waals surface area (Å²) in [5.41, 5.74) is 1.75. The minimum atomic E-state index is -1.20. The number of esters is 1. The van der Waals surface area contributed by atoms with Gasteiger partial charge < -0.3 is 10.1 Å². The highest BCUT2D eigenvalue weighted by Crippen LogP contribution is 2.31. The van der Waals surface area contributed by atoms with Crippen molar-refractivity contribution < 1.29 is 23.9 Å². The van der Waals surface area contributed by atoms with Gasteiger partial charge in [-0.05, 0) is 18.9 Å². The van der Waals surface area contributed by atoms with Crippen LogP contribution in [0, 0.1) is 0 Å². The summed E-state index contributed by atoms with van der Waals surface area (Å²) in [6, 6.07) is 8.18. The van der Waals surface area contributed by atoms with Gasteiger partial charge in [-0.25, -0.2) is 4.79 Å². The Morgan fingerprint density at radius 3 is 2.50 bits per heavy atom. The number of rotatable bonds is 8. The highest BCUT2D eigenvalue weighted by atomic mass is 32.2. The maximum atomic E-state index is 12.8. The molecule has 26 heavy (non-hydrogen) atoms. The van der Waals surface area contributed by atoms with Crippen LogP contribution in [0.3, 0.4) is 0 Å². The maximum absolute atomic E-state index is 12.8. The summed E-state index contributed by atoms with van der Waals surface area (Å²) in [7, 11) is 0. The molecule has 1 heterocycles. The van der Waals surface area contributed by atoms with E-state index >= 15 is 0 Å². The van der Waals surface area contributed by atoms with Gasteiger partial charge >= 0.3 is 12.0 Å². The molecule has 0 aromatic heterocycles. The normalized spacial score (nSPS) is 19.2. The zero-order valence-corrected chi connectivity index (χ0v) is 15.4. The Hall–Kier alpha value is -2.55. The predicted octanol–water partition coefficient (Wildman–Crippen LogP) is 1.17. The molecule has 0 radical (unpaired) electrons. The van der Waals surface area contributed by atoms with Crippen molar-refractivity contribution in [3.05, 3.63) is 35.9 Å². The fraction of sp³-hybridized carbons (Fsp3) is 0.412. The molecule has 1 fully saturated rings. The van der Waals surface area contributed by atoms with Crippen LogP contribution < -0.4 is 10.7 Å². The number of ether oxygens (including phenoxy) is 1. The van der Waals surface area contributed by atoms with E-state index in [9.17, 15) is 19.2 Å². The van der Waals surface area contributed by atoms with Crippen molar-refractivity contribution in [1.29, 1.82) is 0 Å². The molecular formula is C17H21N3O5S. The van der Waals surface area contributed by atoms with Gasteiger partial charge in [0.2, 0.25) is 5.91 Å². The lowest BCUT2D eigenvalue weighted by Gasteiger charge is -2.25. The second-order valence-corrected chi connectivity index (χ2v) is 6.51. The largest absolute Gasteiger partial charge is 0.465 e. The third-order valence-corrected chi connectivity index (χ3v) is 4.79. The first kappa shape index (κ1) is 19.8. The zero-order chi connectivity index (χ0) is 19.2. The van der Waals surface area contributed by atoms with Crippen molar-refractivity contribution >= 4 is 35.6 Å². The number of hydrogen-bond donors (Lipinski definition) is 2. The lowest BCUT2D eigenvalue weighted by Crippen LogP contribution is -2.49. The monoisotopic (exact) mass is 379 g/mol. The highest BCUT2D eigenvalue weighted by Gasteiger charge is 2.52. The average molecular weight is 379 g/mol. The number of hydrogen-bond acceptors (Lipinski definition) is 6. The number of carbonyl (C=O) groups is 4. The van der Waals surface area contributed by atoms with Crippen molar-refractivity contribution in [3.8, 4) is 0 Å². The molecule has 2 rings (SSSR count). The molecule has 1 aromatic carbocycles. The number of hydrazine groups is 1. The molecule has 1 aliphatic heterocycles. The first-order chi connectivity index (χ1) is 12.4. The lowest BCUT2D eigenvalue weighted by molar-refractivity contribution is -0.140. The predicted molar refractivity (Wildman–Crippen MR) is 95.9 cm³/mol. The number of nitrogens with one attached hydrogen (secondary N) is 2. The minimum Gasteiger partial charge on any atom is -0.465 e. The van der Waals surface area contributed by atoms with Crippen LogP contribution in [0.25, 0.3) is 0 Å². The molecule has 0 aliphatic carbocycles. The molecule has 0 bridgehead atoms. The molecule has 140 valence electrons. The Morgan fingerprint density at radius 1 is 1.19 bits per heavy atom. The van der Waals surface area contributed by atoms with Crippen molar-refractivity contribution in [1.82, 2.24) is 15.8 Å². The van der Waals surface area contributed by atoms with Gasteiger partial charge in [-0.1, -0.05) is 37.3 Å². The molecule has 0 spiro atoms. The molecule has 1 aliphatic rings. The summed E-state index contributed by atoms with van der Waals surface area (Å²) < 4.78 is 4.76. The summed E-state index contributed by atoms with van der Waals surface area (Å²) in [5, 5.41) is 3.37. The van der Waals surface area contributed by atoms with Crippen LogP contribution in [-0.2, 0) is 24.7 Å². The van der Waals surface area contributed by atoms with Gasteiger partial charge in [0.1, 0.15) is 5.54 Å². The Labute approximate surface area is 155 Å². The summed E-state index contributed by atoms with van der Waals surface area (Å²) in [6.45, 7) is 3.75. The Morgan fingerprint density at radius 2 is 1.88 bits per heavy atom. The van der Waals surface area contributed by atoms with E-state index in [0.29, 0.717) is 17.0 Å². The van der Waals surface area contributed by atoms with Crippen molar-refractivity contribution in [2.75, 3.05) is 18.1 Å². The van der Waals surface area contributed by atoms with Gasteiger partial charge in [-0.3, -0.25) is 19.8 Å². The minimum absolute atomic E-state index is 0.0182. The third-order valence-electron chi connectivity index (χ3n) is 3.88. The van der Waals surface area contributed by atoms with E-state index in [0.717, 1.165) is 11.8 Å². The molecule has 8 nitrogen and oxygen atoms in total. The number of thioether (sulfide) groups is 1. The van der Waals surface area contributed by atoms with Crippen LogP contribution in [0.1, 0.15) is 25.8 Å². The van der Waals surface area contributed by atoms with Gasteiger partial charge in [-0.2, -0.15) is 5.01 Å². The number of benzene rings is 1. The van der Waals surface area contributed by atoms with E-state index < -0.39 is 29.4 Å². The molecular weight excluding hydrogens is 358 g/mol. The van der Waals surface area contributed by atoms with E-state index in [1.807, 2.05) is 6.07 Å². The van der Waals surface area contributed by atoms with Crippen LogP contribution in [-0.4, -0.2) is 46.9 Å². The molecule has 1 aromatic rings. The molecule has 0 saturated carbocycles. The summed E-state index contributed by atoms with van der Waals surface area (Å²) >= 11 is 1.04. The van der Waals surface area contributed by atoms with Crippen LogP contribution in [0.2, 0.25) is 0 Å². The first-order valence-corrected chi connectivity index (χ1v) is 9.35. The number of amides is 4. The van der Waals surface area contributed by atoms with Gasteiger partial charge in [0.15, 0.2) is 0 Å². The number of carbonyl (C=O) groups excluding carboxylic acids is 4. The maximum Gasteiger partial charge on any atom is 0.344 e. The van der Waals surface area contributed by atoms with Gasteiger partial charge in [0.05, 0.1) is 18.1 Å². The van der Waals surface area contributed by atoms with Crippen LogP contribution in [0.5, 0.6) is 0 Å². The second-order valence-electron chi connectivity index (χ2n) is 5.53. The highest BCUT2D eigenvalue weighted by molar-refractivity contribution is 8.00. The number of imide groups is 1. The molecule has 1 atom stereocenters. The van der Waals surface area contributed by atoms with Gasteiger partial charge in [-0.15, -0.1) is 11.8 Å². The summed E-state index contributed by atoms with van der Waals surface area (Å²) in [6.07, 6.45) is 0.339. The summed E-state index contributed by atoms with van der Waals surface area (Å²) in [4.78, 5) is 48.3. The van der Waals surface area contributed by atoms with Crippen molar-refractivity contribution in [2.45, 2.75) is 25.8 Å². The zero-order valence-electron chi connectivity index (χ0n) is 14.6. The van der Waals surface area contributed by atoms with E-state index in [4.69, 9.17) is 4.74 Å². The molecule has 1 saturated heterocycles. The average Bonchev–Trinajstić information content (AvgIpc) is 2.88. The fourth-order valence-electron chi connectivity index (χ4n) is 2.63. The summed E-state index contributed by atoms with van der Waals surface area (Å²) in [5.74, 6) is -1.58.